The summed E-state index contributed by atoms with van der Waals surface area (Å²) in [6, 6.07) is 1.72. The van der Waals surface area contributed by atoms with E-state index in [-0.39, 0.29) is 6.04 Å². The first kappa shape index (κ1) is 15.5. The van der Waals surface area contributed by atoms with Crippen LogP contribution >= 0.6 is 0 Å². The molecule has 114 valence electrons. The molecule has 1 unspecified atom stereocenters. The van der Waals surface area contributed by atoms with Crippen molar-refractivity contribution in [2.75, 3.05) is 0 Å². The quantitative estimate of drug-likeness (QED) is 0.768. The van der Waals surface area contributed by atoms with Gasteiger partial charge in [0.05, 0.1) is 4.90 Å². The van der Waals surface area contributed by atoms with Crippen LogP contribution in [0.4, 0.5) is 0 Å². The van der Waals surface area contributed by atoms with Crippen molar-refractivity contribution in [1.82, 2.24) is 9.29 Å². The summed E-state index contributed by atoms with van der Waals surface area (Å²) in [4.78, 5) is 0.328. The Morgan fingerprint density at radius 3 is 2.60 bits per heavy atom. The zero-order chi connectivity index (χ0) is 14.8. The summed E-state index contributed by atoms with van der Waals surface area (Å²) in [6.45, 7) is 5.08. The molecule has 1 fully saturated rings. The summed E-state index contributed by atoms with van der Waals surface area (Å²) in [5, 5.41) is 0. The summed E-state index contributed by atoms with van der Waals surface area (Å²) in [5.74, 6) is 0.711. The average Bonchev–Trinajstić information content (AvgIpc) is 3.12. The van der Waals surface area contributed by atoms with Gasteiger partial charge in [-0.15, -0.1) is 0 Å². The molecular formula is C14H25N3O2S. The van der Waals surface area contributed by atoms with Gasteiger partial charge in [-0.05, 0) is 31.7 Å². The summed E-state index contributed by atoms with van der Waals surface area (Å²) >= 11 is 0. The normalized spacial score (nSPS) is 17.4. The van der Waals surface area contributed by atoms with E-state index in [2.05, 4.69) is 4.72 Å². The Balaban J connectivity index is 2.13. The molecule has 1 aromatic heterocycles. The number of nitrogens with zero attached hydrogens (tertiary/aromatic N) is 1. The van der Waals surface area contributed by atoms with Gasteiger partial charge in [0.1, 0.15) is 0 Å². The topological polar surface area (TPSA) is 77.1 Å². The average molecular weight is 299 g/mol. The lowest BCUT2D eigenvalue weighted by Gasteiger charge is -2.16. The third-order valence-electron chi connectivity index (χ3n) is 3.95. The molecule has 2 rings (SSSR count). The van der Waals surface area contributed by atoms with Crippen molar-refractivity contribution >= 4 is 10.0 Å². The van der Waals surface area contributed by atoms with E-state index in [0.29, 0.717) is 17.4 Å². The van der Waals surface area contributed by atoms with E-state index in [1.165, 1.54) is 12.8 Å². The van der Waals surface area contributed by atoms with Gasteiger partial charge in [-0.25, -0.2) is 13.1 Å². The van der Waals surface area contributed by atoms with Gasteiger partial charge in [-0.2, -0.15) is 0 Å². The van der Waals surface area contributed by atoms with E-state index in [1.54, 1.807) is 12.3 Å². The molecule has 0 spiro atoms. The van der Waals surface area contributed by atoms with Crippen molar-refractivity contribution in [3.8, 4) is 0 Å². The van der Waals surface area contributed by atoms with E-state index < -0.39 is 10.0 Å². The number of aromatic nitrogens is 1. The van der Waals surface area contributed by atoms with E-state index in [9.17, 15) is 8.42 Å². The Morgan fingerprint density at radius 2 is 2.15 bits per heavy atom. The number of hydrogen-bond donors (Lipinski definition) is 2. The number of sulfonamides is 1. The number of nitrogens with one attached hydrogen (secondary N) is 1. The van der Waals surface area contributed by atoms with Gasteiger partial charge >= 0.3 is 0 Å². The van der Waals surface area contributed by atoms with Gasteiger partial charge in [0.2, 0.25) is 10.0 Å². The van der Waals surface area contributed by atoms with E-state index in [4.69, 9.17) is 5.73 Å². The number of hydrogen-bond acceptors (Lipinski definition) is 3. The van der Waals surface area contributed by atoms with Crippen LogP contribution in [-0.2, 0) is 23.1 Å². The number of nitrogens with two attached hydrogens (primary N) is 1. The molecule has 1 aromatic rings. The molecule has 6 heteroatoms. The lowest BCUT2D eigenvalue weighted by atomic mass is 10.1. The maximum absolute atomic E-state index is 12.4. The highest BCUT2D eigenvalue weighted by atomic mass is 32.2. The van der Waals surface area contributed by atoms with E-state index in [1.807, 2.05) is 18.4 Å². The Kier molecular flexibility index (Phi) is 4.88. The molecule has 0 radical (unpaired) electrons. The van der Waals surface area contributed by atoms with Crippen LogP contribution in [0.15, 0.2) is 17.2 Å². The summed E-state index contributed by atoms with van der Waals surface area (Å²) in [7, 11) is -3.44. The fourth-order valence-corrected chi connectivity index (χ4v) is 3.87. The predicted molar refractivity (Wildman–Crippen MR) is 79.7 cm³/mol. The van der Waals surface area contributed by atoms with Crippen LogP contribution in [0.25, 0.3) is 0 Å². The zero-order valence-corrected chi connectivity index (χ0v) is 13.1. The molecule has 20 heavy (non-hydrogen) atoms. The van der Waals surface area contributed by atoms with Crippen molar-refractivity contribution in [1.29, 1.82) is 0 Å². The minimum atomic E-state index is -3.44. The van der Waals surface area contributed by atoms with Gasteiger partial charge in [0.15, 0.2) is 0 Å². The Morgan fingerprint density at radius 1 is 1.45 bits per heavy atom. The fraction of sp³-hybridized carbons (Fsp3) is 0.714. The van der Waals surface area contributed by atoms with Crippen LogP contribution in [0.3, 0.4) is 0 Å². The lowest BCUT2D eigenvalue weighted by molar-refractivity contribution is 0.495. The highest BCUT2D eigenvalue weighted by Gasteiger charge is 2.28. The van der Waals surface area contributed by atoms with Crippen LogP contribution in [0.2, 0.25) is 0 Å². The molecule has 0 saturated heterocycles. The second kappa shape index (κ2) is 6.28. The second-order valence-electron chi connectivity index (χ2n) is 5.56. The number of aryl methyl sites for hydroxylation is 1. The third-order valence-corrected chi connectivity index (χ3v) is 5.44. The SMILES string of the molecule is CCC(CC1CC1)NS(=O)(=O)c1cc(CN)n(CC)c1. The van der Waals surface area contributed by atoms with Crippen LogP contribution in [0.1, 0.15) is 45.2 Å². The van der Waals surface area contributed by atoms with E-state index in [0.717, 1.165) is 25.1 Å². The van der Waals surface area contributed by atoms with Crippen molar-refractivity contribution < 1.29 is 8.42 Å². The van der Waals surface area contributed by atoms with Crippen molar-refractivity contribution in [3.63, 3.8) is 0 Å². The molecule has 0 aliphatic heterocycles. The Labute approximate surface area is 121 Å². The highest BCUT2D eigenvalue weighted by molar-refractivity contribution is 7.89. The maximum atomic E-state index is 12.4. The molecule has 0 amide bonds. The maximum Gasteiger partial charge on any atom is 0.242 e. The molecule has 1 saturated carbocycles. The second-order valence-corrected chi connectivity index (χ2v) is 7.28. The number of rotatable bonds is 8. The van der Waals surface area contributed by atoms with Gasteiger partial charge in [0, 0.05) is 31.0 Å². The summed E-state index contributed by atoms with van der Waals surface area (Å²) in [5.41, 5.74) is 6.50. The molecule has 1 aliphatic rings. The van der Waals surface area contributed by atoms with Crippen molar-refractivity contribution in [2.24, 2.45) is 11.7 Å². The monoisotopic (exact) mass is 299 g/mol. The molecule has 3 N–H and O–H groups in total. The van der Waals surface area contributed by atoms with E-state index >= 15 is 0 Å². The summed E-state index contributed by atoms with van der Waals surface area (Å²) in [6.07, 6.45) is 5.93. The van der Waals surface area contributed by atoms with Gasteiger partial charge in [-0.1, -0.05) is 19.8 Å². The zero-order valence-electron chi connectivity index (χ0n) is 12.3. The third kappa shape index (κ3) is 3.62. The van der Waals surface area contributed by atoms with Crippen LogP contribution < -0.4 is 10.5 Å². The first-order valence-electron chi connectivity index (χ1n) is 7.41. The predicted octanol–water partition coefficient (Wildman–Crippen LogP) is 1.82. The summed E-state index contributed by atoms with van der Waals surface area (Å²) < 4.78 is 29.6. The van der Waals surface area contributed by atoms with Crippen LogP contribution in [0, 0.1) is 5.92 Å². The smallest absolute Gasteiger partial charge is 0.242 e. The molecule has 5 nitrogen and oxygen atoms in total. The Bertz CT molecular complexity index is 525. The standard InChI is InChI=1S/C14H25N3O2S/c1-3-12(7-11-5-6-11)16-20(18,19)14-8-13(9-15)17(4-2)10-14/h8,10-12,16H,3-7,9,15H2,1-2H3. The first-order valence-corrected chi connectivity index (χ1v) is 8.89. The van der Waals surface area contributed by atoms with Crippen molar-refractivity contribution in [2.45, 2.75) is 63.6 Å². The first-order chi connectivity index (χ1) is 9.50. The minimum absolute atomic E-state index is 0.0406. The molecular weight excluding hydrogens is 274 g/mol. The Hall–Kier alpha value is -0.850. The molecule has 0 bridgehead atoms. The molecule has 0 aromatic carbocycles. The van der Waals surface area contributed by atoms with Crippen molar-refractivity contribution in [3.05, 3.63) is 18.0 Å². The highest BCUT2D eigenvalue weighted by Crippen LogP contribution is 2.34. The van der Waals surface area contributed by atoms with Crippen LogP contribution in [0.5, 0.6) is 0 Å². The minimum Gasteiger partial charge on any atom is -0.349 e. The van der Waals surface area contributed by atoms with Gasteiger partial charge < -0.3 is 10.3 Å². The molecule has 1 atom stereocenters. The lowest BCUT2D eigenvalue weighted by Crippen LogP contribution is -2.34. The van der Waals surface area contributed by atoms with Gasteiger partial charge in [-0.3, -0.25) is 0 Å². The van der Waals surface area contributed by atoms with Gasteiger partial charge in [0.25, 0.3) is 0 Å². The molecule has 1 heterocycles. The van der Waals surface area contributed by atoms with Crippen LogP contribution in [-0.4, -0.2) is 19.0 Å². The fourth-order valence-electron chi connectivity index (χ4n) is 2.48. The molecule has 1 aliphatic carbocycles. The largest absolute Gasteiger partial charge is 0.349 e.